The molecular formula is C20H13F2N5O3. The van der Waals surface area contributed by atoms with Gasteiger partial charge in [-0.2, -0.15) is 10.2 Å². The summed E-state index contributed by atoms with van der Waals surface area (Å²) in [4.78, 5) is 12.6. The van der Waals surface area contributed by atoms with Gasteiger partial charge in [-0.3, -0.25) is 4.79 Å². The zero-order chi connectivity index (χ0) is 20.9. The molecule has 0 saturated carbocycles. The first-order valence-electron chi connectivity index (χ1n) is 8.81. The van der Waals surface area contributed by atoms with Crippen molar-refractivity contribution in [3.05, 3.63) is 77.2 Å². The van der Waals surface area contributed by atoms with E-state index in [-0.39, 0.29) is 28.3 Å². The number of fused-ring (bicyclic) bond motifs is 1. The zero-order valence-corrected chi connectivity index (χ0v) is 15.2. The number of alkyl halides is 2. The molecule has 2 aromatic carbocycles. The average molecular weight is 409 g/mol. The fourth-order valence-electron chi connectivity index (χ4n) is 3.20. The molecule has 4 aromatic rings. The van der Waals surface area contributed by atoms with Crippen molar-refractivity contribution in [1.82, 2.24) is 19.6 Å². The van der Waals surface area contributed by atoms with Crippen molar-refractivity contribution in [1.29, 1.82) is 0 Å². The first-order valence-corrected chi connectivity index (χ1v) is 8.81. The summed E-state index contributed by atoms with van der Waals surface area (Å²) in [5, 5.41) is 8.60. The van der Waals surface area contributed by atoms with E-state index in [9.17, 15) is 13.6 Å². The van der Waals surface area contributed by atoms with Gasteiger partial charge in [0.15, 0.2) is 17.2 Å². The van der Waals surface area contributed by atoms with Crippen molar-refractivity contribution in [3.63, 3.8) is 0 Å². The largest absolute Gasteiger partial charge is 0.586 e. The fourth-order valence-corrected chi connectivity index (χ4v) is 3.20. The lowest BCUT2D eigenvalue weighted by Crippen LogP contribution is -2.26. The van der Waals surface area contributed by atoms with E-state index in [0.717, 1.165) is 0 Å². The molecule has 10 heteroatoms. The van der Waals surface area contributed by atoms with Gasteiger partial charge in [0.1, 0.15) is 5.69 Å². The van der Waals surface area contributed by atoms with E-state index >= 15 is 0 Å². The van der Waals surface area contributed by atoms with Gasteiger partial charge < -0.3 is 15.2 Å². The molecule has 8 nitrogen and oxygen atoms in total. The Balaban J connectivity index is 1.64. The van der Waals surface area contributed by atoms with Crippen LogP contribution in [0.4, 0.5) is 14.5 Å². The van der Waals surface area contributed by atoms with Crippen LogP contribution in [0.5, 0.6) is 11.5 Å². The SMILES string of the molecule is Nc1cccc(-n2nccc2-c2nn(-c3cccc4c3OC(F)(F)O4)ccc2=O)c1. The lowest BCUT2D eigenvalue weighted by atomic mass is 10.2. The highest BCUT2D eigenvalue weighted by Crippen LogP contribution is 2.44. The predicted molar refractivity (Wildman–Crippen MR) is 103 cm³/mol. The number of benzene rings is 2. The molecule has 150 valence electrons. The minimum Gasteiger partial charge on any atom is -0.399 e. The Hall–Kier alpha value is -4.21. The Morgan fingerprint density at radius 1 is 1.03 bits per heavy atom. The van der Waals surface area contributed by atoms with Crippen LogP contribution in [0.25, 0.3) is 22.8 Å². The van der Waals surface area contributed by atoms with Crippen LogP contribution in [-0.2, 0) is 0 Å². The van der Waals surface area contributed by atoms with E-state index in [1.807, 2.05) is 0 Å². The van der Waals surface area contributed by atoms with Gasteiger partial charge in [0.2, 0.25) is 5.43 Å². The van der Waals surface area contributed by atoms with E-state index < -0.39 is 6.29 Å². The number of nitrogens with two attached hydrogens (primary N) is 1. The van der Waals surface area contributed by atoms with Crippen molar-refractivity contribution in [2.45, 2.75) is 6.29 Å². The first kappa shape index (κ1) is 17.9. The maximum Gasteiger partial charge on any atom is 0.586 e. The van der Waals surface area contributed by atoms with Crippen LogP contribution in [0, 0.1) is 0 Å². The van der Waals surface area contributed by atoms with Crippen LogP contribution < -0.4 is 20.6 Å². The van der Waals surface area contributed by atoms with Crippen LogP contribution in [-0.4, -0.2) is 25.9 Å². The number of hydrogen-bond donors (Lipinski definition) is 1. The molecule has 0 radical (unpaired) electrons. The van der Waals surface area contributed by atoms with Crippen LogP contribution in [0.1, 0.15) is 0 Å². The molecule has 0 bridgehead atoms. The lowest BCUT2D eigenvalue weighted by molar-refractivity contribution is -0.286. The lowest BCUT2D eigenvalue weighted by Gasteiger charge is -2.11. The minimum absolute atomic E-state index is 0.0701. The summed E-state index contributed by atoms with van der Waals surface area (Å²) < 4.78 is 39.0. The molecule has 0 fully saturated rings. The third-order valence-corrected chi connectivity index (χ3v) is 4.46. The highest BCUT2D eigenvalue weighted by atomic mass is 19.3. The van der Waals surface area contributed by atoms with Gasteiger partial charge in [-0.1, -0.05) is 12.1 Å². The summed E-state index contributed by atoms with van der Waals surface area (Å²) in [6.07, 6.45) is -0.886. The van der Waals surface area contributed by atoms with Crippen molar-refractivity contribution in [2.24, 2.45) is 0 Å². The van der Waals surface area contributed by atoms with E-state index in [1.54, 1.807) is 30.3 Å². The zero-order valence-electron chi connectivity index (χ0n) is 15.2. The quantitative estimate of drug-likeness (QED) is 0.523. The molecule has 1 aliphatic heterocycles. The van der Waals surface area contributed by atoms with Crippen LogP contribution >= 0.6 is 0 Å². The second kappa shape index (κ2) is 6.41. The number of nitrogen functional groups attached to an aromatic ring is 1. The van der Waals surface area contributed by atoms with Gasteiger partial charge in [-0.25, -0.2) is 9.36 Å². The standard InChI is InChI=1S/C20H13F2N5O3/c21-20(22)29-17-6-2-5-15(19(17)30-20)26-10-8-16(28)18(25-26)14-7-9-24-27(14)13-4-1-3-12(23)11-13/h1-11H,23H2. The predicted octanol–water partition coefficient (Wildman–Crippen LogP) is 2.99. The molecule has 0 spiro atoms. The molecule has 30 heavy (non-hydrogen) atoms. The van der Waals surface area contributed by atoms with E-state index in [4.69, 9.17) is 5.73 Å². The summed E-state index contributed by atoms with van der Waals surface area (Å²) in [6.45, 7) is 0. The summed E-state index contributed by atoms with van der Waals surface area (Å²) in [6, 6.07) is 14.3. The summed E-state index contributed by atoms with van der Waals surface area (Å²) in [5.41, 5.74) is 7.33. The van der Waals surface area contributed by atoms with Gasteiger partial charge in [-0.15, -0.1) is 8.78 Å². The average Bonchev–Trinajstić information content (AvgIpc) is 3.31. The molecule has 5 rings (SSSR count). The molecular weight excluding hydrogens is 396 g/mol. The van der Waals surface area contributed by atoms with Crippen molar-refractivity contribution < 1.29 is 18.3 Å². The Morgan fingerprint density at radius 3 is 2.70 bits per heavy atom. The van der Waals surface area contributed by atoms with Gasteiger partial charge in [0.25, 0.3) is 0 Å². The third-order valence-electron chi connectivity index (χ3n) is 4.46. The van der Waals surface area contributed by atoms with Gasteiger partial charge in [0.05, 0.1) is 17.6 Å². The first-order chi connectivity index (χ1) is 14.4. The molecule has 2 aromatic heterocycles. The van der Waals surface area contributed by atoms with Crippen LogP contribution in [0.15, 0.2) is 71.8 Å². The van der Waals surface area contributed by atoms with Crippen molar-refractivity contribution in [2.75, 3.05) is 5.73 Å². The van der Waals surface area contributed by atoms with Gasteiger partial charge >= 0.3 is 6.29 Å². The second-order valence-electron chi connectivity index (χ2n) is 6.47. The van der Waals surface area contributed by atoms with Crippen LogP contribution in [0.2, 0.25) is 0 Å². The Bertz CT molecular complexity index is 1330. The number of anilines is 1. The van der Waals surface area contributed by atoms with E-state index in [2.05, 4.69) is 19.7 Å². The van der Waals surface area contributed by atoms with E-state index in [0.29, 0.717) is 17.1 Å². The van der Waals surface area contributed by atoms with Crippen molar-refractivity contribution >= 4 is 5.69 Å². The molecule has 2 N–H and O–H groups in total. The highest BCUT2D eigenvalue weighted by Gasteiger charge is 2.44. The molecule has 0 aliphatic carbocycles. The molecule has 0 unspecified atom stereocenters. The highest BCUT2D eigenvalue weighted by molar-refractivity contribution is 5.61. The summed E-state index contributed by atoms with van der Waals surface area (Å²) in [5.74, 6) is -0.293. The normalized spacial score (nSPS) is 14.1. The third kappa shape index (κ3) is 2.94. The van der Waals surface area contributed by atoms with Gasteiger partial charge in [0, 0.05) is 18.0 Å². The maximum absolute atomic E-state index is 13.5. The number of nitrogens with zero attached hydrogens (tertiary/aromatic N) is 4. The molecule has 3 heterocycles. The summed E-state index contributed by atoms with van der Waals surface area (Å²) in [7, 11) is 0. The Labute approximate surface area is 167 Å². The maximum atomic E-state index is 13.5. The molecule has 0 amide bonds. The number of rotatable bonds is 3. The number of halogens is 2. The molecule has 0 saturated heterocycles. The smallest absolute Gasteiger partial charge is 0.399 e. The Kier molecular flexibility index (Phi) is 3.82. The number of hydrogen-bond acceptors (Lipinski definition) is 6. The second-order valence-corrected chi connectivity index (χ2v) is 6.47. The molecule has 0 atom stereocenters. The fraction of sp³-hybridized carbons (Fsp3) is 0.0500. The Morgan fingerprint density at radius 2 is 1.87 bits per heavy atom. The van der Waals surface area contributed by atoms with E-state index in [1.165, 1.54) is 46.0 Å². The summed E-state index contributed by atoms with van der Waals surface area (Å²) >= 11 is 0. The number of ether oxygens (including phenoxy) is 2. The monoisotopic (exact) mass is 409 g/mol. The number of para-hydroxylation sites is 1. The van der Waals surface area contributed by atoms with Gasteiger partial charge in [-0.05, 0) is 36.4 Å². The number of aromatic nitrogens is 4. The van der Waals surface area contributed by atoms with Crippen LogP contribution in [0.3, 0.4) is 0 Å². The topological polar surface area (TPSA) is 97.2 Å². The molecule has 1 aliphatic rings. The van der Waals surface area contributed by atoms with Crippen molar-refractivity contribution in [3.8, 4) is 34.3 Å². The minimum atomic E-state index is -3.77.